The zero-order chi connectivity index (χ0) is 12.8. The third-order valence-electron chi connectivity index (χ3n) is 2.65. The van der Waals surface area contributed by atoms with Crippen molar-refractivity contribution in [3.63, 3.8) is 0 Å². The van der Waals surface area contributed by atoms with Gasteiger partial charge in [-0.3, -0.25) is 4.79 Å². The Morgan fingerprint density at radius 3 is 2.53 bits per heavy atom. The van der Waals surface area contributed by atoms with E-state index in [-0.39, 0.29) is 11.8 Å². The number of halogens is 1. The van der Waals surface area contributed by atoms with Crippen molar-refractivity contribution in [1.29, 1.82) is 0 Å². The minimum absolute atomic E-state index is 0.0143. The van der Waals surface area contributed by atoms with E-state index in [1.807, 2.05) is 26.1 Å². The predicted octanol–water partition coefficient (Wildman–Crippen LogP) is 2.26. The zero-order valence-electron chi connectivity index (χ0n) is 10.5. The van der Waals surface area contributed by atoms with E-state index >= 15 is 0 Å². The molecule has 1 N–H and O–H groups in total. The molecule has 1 amide bonds. The number of amides is 1. The topological polar surface area (TPSA) is 32.3 Å². The summed E-state index contributed by atoms with van der Waals surface area (Å²) in [7, 11) is 3.70. The lowest BCUT2D eigenvalue weighted by Crippen LogP contribution is -2.34. The Bertz CT molecular complexity index is 364. The lowest BCUT2D eigenvalue weighted by Gasteiger charge is -2.20. The highest BCUT2D eigenvalue weighted by molar-refractivity contribution is 9.10. The van der Waals surface area contributed by atoms with Crippen LogP contribution in [0.1, 0.15) is 12.5 Å². The van der Waals surface area contributed by atoms with Gasteiger partial charge in [-0.1, -0.05) is 35.0 Å². The summed E-state index contributed by atoms with van der Waals surface area (Å²) in [6.45, 7) is 3.56. The van der Waals surface area contributed by atoms with E-state index in [9.17, 15) is 4.79 Å². The van der Waals surface area contributed by atoms with Crippen molar-refractivity contribution in [2.75, 3.05) is 20.6 Å². The number of hydrogen-bond donors (Lipinski definition) is 1. The molecule has 94 valence electrons. The van der Waals surface area contributed by atoms with Gasteiger partial charge in [0.1, 0.15) is 0 Å². The summed E-state index contributed by atoms with van der Waals surface area (Å²) in [6, 6.07) is 8.24. The molecule has 0 aliphatic rings. The molecule has 17 heavy (non-hydrogen) atoms. The highest BCUT2D eigenvalue weighted by Crippen LogP contribution is 2.12. The molecule has 0 spiro atoms. The SMILES string of the molecule is CNC(=O)C(C)CN(C)Cc1ccc(Br)cc1. The molecule has 0 fully saturated rings. The first-order chi connectivity index (χ1) is 8.02. The molecule has 1 aromatic rings. The monoisotopic (exact) mass is 298 g/mol. The molecule has 0 bridgehead atoms. The summed E-state index contributed by atoms with van der Waals surface area (Å²) in [6.07, 6.45) is 0. The summed E-state index contributed by atoms with van der Waals surface area (Å²) in [5.41, 5.74) is 1.25. The summed E-state index contributed by atoms with van der Waals surface area (Å²) in [5.74, 6) is 0.105. The average molecular weight is 299 g/mol. The zero-order valence-corrected chi connectivity index (χ0v) is 12.1. The molecule has 0 aromatic heterocycles. The molecule has 1 unspecified atom stereocenters. The van der Waals surface area contributed by atoms with Gasteiger partial charge in [0.25, 0.3) is 0 Å². The van der Waals surface area contributed by atoms with Crippen molar-refractivity contribution < 1.29 is 4.79 Å². The molecule has 0 aliphatic carbocycles. The van der Waals surface area contributed by atoms with Gasteiger partial charge in [-0.25, -0.2) is 0 Å². The second-order valence-electron chi connectivity index (χ2n) is 4.34. The summed E-state index contributed by atoms with van der Waals surface area (Å²) >= 11 is 3.41. The lowest BCUT2D eigenvalue weighted by molar-refractivity contribution is -0.124. The molecule has 4 heteroatoms. The van der Waals surface area contributed by atoms with Crippen molar-refractivity contribution in [3.8, 4) is 0 Å². The standard InChI is InChI=1S/C13H19BrN2O/c1-10(13(17)15-2)8-16(3)9-11-4-6-12(14)7-5-11/h4-7,10H,8-9H2,1-3H3,(H,15,17). The van der Waals surface area contributed by atoms with Gasteiger partial charge in [0.15, 0.2) is 0 Å². The Labute approximate surface area is 111 Å². The van der Waals surface area contributed by atoms with Gasteiger partial charge in [-0.15, -0.1) is 0 Å². The van der Waals surface area contributed by atoms with E-state index in [0.717, 1.165) is 17.6 Å². The van der Waals surface area contributed by atoms with Gasteiger partial charge in [-0.2, -0.15) is 0 Å². The van der Waals surface area contributed by atoms with Gasteiger partial charge in [0.05, 0.1) is 0 Å². The molecule has 0 heterocycles. The Kier molecular flexibility index (Phi) is 5.65. The van der Waals surface area contributed by atoms with Gasteiger partial charge in [0.2, 0.25) is 5.91 Å². The third-order valence-corrected chi connectivity index (χ3v) is 3.17. The molecular weight excluding hydrogens is 280 g/mol. The Morgan fingerprint density at radius 1 is 1.41 bits per heavy atom. The lowest BCUT2D eigenvalue weighted by atomic mass is 10.1. The van der Waals surface area contributed by atoms with E-state index in [1.165, 1.54) is 5.56 Å². The quantitative estimate of drug-likeness (QED) is 0.904. The highest BCUT2D eigenvalue weighted by atomic mass is 79.9. The molecule has 0 saturated heterocycles. The fourth-order valence-electron chi connectivity index (χ4n) is 1.76. The molecule has 0 aliphatic heterocycles. The first-order valence-corrected chi connectivity index (χ1v) is 6.46. The Hall–Kier alpha value is -0.870. The van der Waals surface area contributed by atoms with E-state index in [0.29, 0.717) is 0 Å². The number of hydrogen-bond acceptors (Lipinski definition) is 2. The number of nitrogens with zero attached hydrogens (tertiary/aromatic N) is 1. The highest BCUT2D eigenvalue weighted by Gasteiger charge is 2.13. The average Bonchev–Trinajstić information content (AvgIpc) is 2.30. The Morgan fingerprint density at radius 2 is 2.00 bits per heavy atom. The molecule has 3 nitrogen and oxygen atoms in total. The molecule has 0 radical (unpaired) electrons. The maximum Gasteiger partial charge on any atom is 0.223 e. The second kappa shape index (κ2) is 6.77. The van der Waals surface area contributed by atoms with Crippen LogP contribution in [0.15, 0.2) is 28.7 Å². The van der Waals surface area contributed by atoms with Crippen LogP contribution in [0.25, 0.3) is 0 Å². The summed E-state index contributed by atoms with van der Waals surface area (Å²) in [4.78, 5) is 13.6. The van der Waals surface area contributed by atoms with Crippen LogP contribution in [-0.2, 0) is 11.3 Å². The van der Waals surface area contributed by atoms with Crippen molar-refractivity contribution in [2.24, 2.45) is 5.92 Å². The summed E-state index contributed by atoms with van der Waals surface area (Å²) in [5, 5.41) is 2.67. The van der Waals surface area contributed by atoms with Crippen LogP contribution in [0.2, 0.25) is 0 Å². The van der Waals surface area contributed by atoms with Crippen molar-refractivity contribution in [3.05, 3.63) is 34.3 Å². The largest absolute Gasteiger partial charge is 0.359 e. The molecule has 1 rings (SSSR count). The van der Waals surface area contributed by atoms with Crippen LogP contribution < -0.4 is 5.32 Å². The third kappa shape index (κ3) is 4.88. The van der Waals surface area contributed by atoms with Gasteiger partial charge in [0, 0.05) is 30.5 Å². The van der Waals surface area contributed by atoms with Gasteiger partial charge >= 0.3 is 0 Å². The second-order valence-corrected chi connectivity index (χ2v) is 5.25. The summed E-state index contributed by atoms with van der Waals surface area (Å²) < 4.78 is 1.09. The maximum absolute atomic E-state index is 11.4. The molecule has 1 aromatic carbocycles. The van der Waals surface area contributed by atoms with Gasteiger partial charge < -0.3 is 10.2 Å². The van der Waals surface area contributed by atoms with Crippen LogP contribution in [0.5, 0.6) is 0 Å². The first-order valence-electron chi connectivity index (χ1n) is 5.67. The van der Waals surface area contributed by atoms with Crippen molar-refractivity contribution >= 4 is 21.8 Å². The molecular formula is C13H19BrN2O. The minimum atomic E-state index is 0.0143. The van der Waals surface area contributed by atoms with Crippen LogP contribution in [0.3, 0.4) is 0 Å². The predicted molar refractivity (Wildman–Crippen MR) is 73.7 cm³/mol. The van der Waals surface area contributed by atoms with Crippen LogP contribution in [0, 0.1) is 5.92 Å². The fraction of sp³-hybridized carbons (Fsp3) is 0.462. The number of benzene rings is 1. The van der Waals surface area contributed by atoms with Crippen LogP contribution >= 0.6 is 15.9 Å². The number of nitrogens with one attached hydrogen (secondary N) is 1. The number of rotatable bonds is 5. The minimum Gasteiger partial charge on any atom is -0.359 e. The smallest absolute Gasteiger partial charge is 0.223 e. The number of carbonyl (C=O) groups excluding carboxylic acids is 1. The van der Waals surface area contributed by atoms with E-state index in [1.54, 1.807) is 7.05 Å². The van der Waals surface area contributed by atoms with Gasteiger partial charge in [-0.05, 0) is 24.7 Å². The van der Waals surface area contributed by atoms with E-state index < -0.39 is 0 Å². The van der Waals surface area contributed by atoms with Crippen molar-refractivity contribution in [2.45, 2.75) is 13.5 Å². The molecule has 0 saturated carbocycles. The molecule has 1 atom stereocenters. The number of carbonyl (C=O) groups is 1. The normalized spacial score (nSPS) is 12.5. The van der Waals surface area contributed by atoms with Crippen LogP contribution in [0.4, 0.5) is 0 Å². The Balaban J connectivity index is 2.46. The maximum atomic E-state index is 11.4. The van der Waals surface area contributed by atoms with E-state index in [4.69, 9.17) is 0 Å². The van der Waals surface area contributed by atoms with E-state index in [2.05, 4.69) is 38.3 Å². The fourth-order valence-corrected chi connectivity index (χ4v) is 2.03. The van der Waals surface area contributed by atoms with Crippen molar-refractivity contribution in [1.82, 2.24) is 10.2 Å². The first kappa shape index (κ1) is 14.2. The van der Waals surface area contributed by atoms with Crippen LogP contribution in [-0.4, -0.2) is 31.4 Å².